The number of nitrogens with two attached hydrogens (primary N) is 1. The van der Waals surface area contributed by atoms with Gasteiger partial charge in [-0.1, -0.05) is 6.92 Å². The third-order valence-electron chi connectivity index (χ3n) is 2.40. The second-order valence-corrected chi connectivity index (χ2v) is 4.70. The zero-order valence-corrected chi connectivity index (χ0v) is 11.4. The molecule has 1 aromatic carbocycles. The van der Waals surface area contributed by atoms with Crippen LogP contribution in [0.2, 0.25) is 0 Å². The van der Waals surface area contributed by atoms with Crippen molar-refractivity contribution in [1.82, 2.24) is 0 Å². The van der Waals surface area contributed by atoms with E-state index in [1.165, 1.54) is 12.1 Å². The number of rotatable bonds is 5. The zero-order chi connectivity index (χ0) is 13.7. The molecule has 0 bridgehead atoms. The summed E-state index contributed by atoms with van der Waals surface area (Å²) in [7, 11) is 0. The molecule has 1 aromatic rings. The van der Waals surface area contributed by atoms with E-state index in [1.54, 1.807) is 6.07 Å². The van der Waals surface area contributed by atoms with Gasteiger partial charge in [0.15, 0.2) is 0 Å². The topological polar surface area (TPSA) is 98.3 Å². The third-order valence-corrected chi connectivity index (χ3v) is 3.07. The lowest BCUT2D eigenvalue weighted by atomic mass is 10.1. The number of amides is 1. The van der Waals surface area contributed by atoms with Crippen LogP contribution in [0.4, 0.5) is 11.4 Å². The molecule has 6 nitrogen and oxygen atoms in total. The van der Waals surface area contributed by atoms with E-state index in [1.807, 2.05) is 6.92 Å². The molecule has 0 radical (unpaired) electrons. The first-order chi connectivity index (χ1) is 8.43. The molecular weight excluding hydrogens is 302 g/mol. The monoisotopic (exact) mass is 315 g/mol. The van der Waals surface area contributed by atoms with Gasteiger partial charge in [0.25, 0.3) is 5.69 Å². The van der Waals surface area contributed by atoms with E-state index >= 15 is 0 Å². The van der Waals surface area contributed by atoms with Crippen molar-refractivity contribution in [3.63, 3.8) is 0 Å². The summed E-state index contributed by atoms with van der Waals surface area (Å²) in [5.74, 6) is -0.249. The van der Waals surface area contributed by atoms with Crippen LogP contribution in [0.15, 0.2) is 22.7 Å². The van der Waals surface area contributed by atoms with Crippen molar-refractivity contribution in [1.29, 1.82) is 0 Å². The van der Waals surface area contributed by atoms with E-state index in [9.17, 15) is 14.9 Å². The van der Waals surface area contributed by atoms with Gasteiger partial charge in [0.1, 0.15) is 0 Å². The van der Waals surface area contributed by atoms with Crippen LogP contribution in [0.3, 0.4) is 0 Å². The lowest BCUT2D eigenvalue weighted by molar-refractivity contribution is -0.385. The molecule has 18 heavy (non-hydrogen) atoms. The number of nitro benzene ring substituents is 1. The fraction of sp³-hybridized carbons (Fsp3) is 0.364. The first-order valence-electron chi connectivity index (χ1n) is 5.43. The molecule has 0 aromatic heterocycles. The van der Waals surface area contributed by atoms with Gasteiger partial charge in [0, 0.05) is 24.2 Å². The Hall–Kier alpha value is -1.47. The largest absolute Gasteiger partial charge is 0.327 e. The molecule has 98 valence electrons. The average Bonchev–Trinajstić information content (AvgIpc) is 2.31. The van der Waals surface area contributed by atoms with E-state index in [2.05, 4.69) is 21.2 Å². The molecule has 0 aliphatic carbocycles. The minimum atomic E-state index is -0.516. The summed E-state index contributed by atoms with van der Waals surface area (Å²) >= 11 is 3.07. The molecule has 0 heterocycles. The third kappa shape index (κ3) is 4.08. The molecule has 0 saturated heterocycles. The Kier molecular flexibility index (Phi) is 5.24. The maximum absolute atomic E-state index is 11.6. The second kappa shape index (κ2) is 6.46. The predicted octanol–water partition coefficient (Wildman–Crippen LogP) is 2.42. The maximum atomic E-state index is 11.6. The number of nitrogens with zero attached hydrogens (tertiary/aromatic N) is 1. The van der Waals surface area contributed by atoms with Gasteiger partial charge in [0.05, 0.1) is 9.40 Å². The summed E-state index contributed by atoms with van der Waals surface area (Å²) < 4.78 is 0.371. The maximum Gasteiger partial charge on any atom is 0.285 e. The summed E-state index contributed by atoms with van der Waals surface area (Å²) in [6.45, 7) is 1.89. The molecule has 0 saturated carbocycles. The normalized spacial score (nSPS) is 11.9. The van der Waals surface area contributed by atoms with Crippen molar-refractivity contribution in [2.24, 2.45) is 5.73 Å². The molecule has 0 aliphatic rings. The van der Waals surface area contributed by atoms with Crippen LogP contribution in [-0.4, -0.2) is 16.9 Å². The lowest BCUT2D eigenvalue weighted by Crippen LogP contribution is -2.26. The highest BCUT2D eigenvalue weighted by Crippen LogP contribution is 2.27. The van der Waals surface area contributed by atoms with Crippen LogP contribution in [0, 0.1) is 10.1 Å². The van der Waals surface area contributed by atoms with Crippen LogP contribution in [0.25, 0.3) is 0 Å². The van der Waals surface area contributed by atoms with Crippen molar-refractivity contribution >= 4 is 33.2 Å². The summed E-state index contributed by atoms with van der Waals surface area (Å²) in [6.07, 6.45) is 0.897. The van der Waals surface area contributed by atoms with Crippen molar-refractivity contribution in [3.05, 3.63) is 32.8 Å². The first-order valence-corrected chi connectivity index (χ1v) is 6.22. The number of halogens is 1. The summed E-state index contributed by atoms with van der Waals surface area (Å²) in [5.41, 5.74) is 5.95. The summed E-state index contributed by atoms with van der Waals surface area (Å²) in [6, 6.07) is 4.22. The Bertz CT molecular complexity index is 465. The Morgan fingerprint density at radius 2 is 2.28 bits per heavy atom. The minimum Gasteiger partial charge on any atom is -0.327 e. The smallest absolute Gasteiger partial charge is 0.285 e. The number of carbonyl (C=O) groups excluding carboxylic acids is 1. The number of hydrogen-bond acceptors (Lipinski definition) is 4. The molecule has 0 spiro atoms. The van der Waals surface area contributed by atoms with Gasteiger partial charge in [0.2, 0.25) is 5.91 Å². The lowest BCUT2D eigenvalue weighted by Gasteiger charge is -2.09. The Labute approximate surface area is 113 Å². The highest BCUT2D eigenvalue weighted by Gasteiger charge is 2.14. The molecule has 1 atom stereocenters. The Morgan fingerprint density at radius 1 is 1.61 bits per heavy atom. The van der Waals surface area contributed by atoms with E-state index in [4.69, 9.17) is 5.73 Å². The minimum absolute atomic E-state index is 0.0902. The van der Waals surface area contributed by atoms with Gasteiger partial charge < -0.3 is 11.1 Å². The highest BCUT2D eigenvalue weighted by atomic mass is 79.9. The fourth-order valence-corrected chi connectivity index (χ4v) is 1.72. The van der Waals surface area contributed by atoms with Crippen molar-refractivity contribution in [2.45, 2.75) is 25.8 Å². The van der Waals surface area contributed by atoms with Gasteiger partial charge in [-0.05, 0) is 34.5 Å². The van der Waals surface area contributed by atoms with E-state index < -0.39 is 4.92 Å². The molecule has 1 rings (SSSR count). The van der Waals surface area contributed by atoms with Gasteiger partial charge in [-0.15, -0.1) is 0 Å². The number of nitro groups is 1. The molecule has 1 unspecified atom stereocenters. The van der Waals surface area contributed by atoms with Gasteiger partial charge in [-0.2, -0.15) is 0 Å². The predicted molar refractivity (Wildman–Crippen MR) is 72.3 cm³/mol. The Balaban J connectivity index is 2.76. The van der Waals surface area contributed by atoms with Crippen molar-refractivity contribution in [2.75, 3.05) is 5.32 Å². The highest BCUT2D eigenvalue weighted by molar-refractivity contribution is 9.10. The van der Waals surface area contributed by atoms with Gasteiger partial charge >= 0.3 is 0 Å². The van der Waals surface area contributed by atoms with E-state index in [0.717, 1.165) is 0 Å². The molecule has 7 heteroatoms. The van der Waals surface area contributed by atoms with Crippen LogP contribution in [0.5, 0.6) is 0 Å². The first kappa shape index (κ1) is 14.6. The molecule has 0 fully saturated rings. The molecule has 1 amide bonds. The average molecular weight is 316 g/mol. The van der Waals surface area contributed by atoms with Crippen LogP contribution >= 0.6 is 15.9 Å². The van der Waals surface area contributed by atoms with Crippen molar-refractivity contribution in [3.8, 4) is 0 Å². The quantitative estimate of drug-likeness (QED) is 0.644. The van der Waals surface area contributed by atoms with Gasteiger partial charge in [-0.3, -0.25) is 14.9 Å². The molecule has 3 N–H and O–H groups in total. The number of anilines is 1. The standard InChI is InChI=1S/C11H14BrN3O3/c1-2-7(13)5-11(16)14-8-3-4-9(12)10(6-8)15(17)18/h3-4,6-7H,2,5,13H2,1H3,(H,14,16). The van der Waals surface area contributed by atoms with Crippen LogP contribution < -0.4 is 11.1 Å². The second-order valence-electron chi connectivity index (χ2n) is 3.84. The van der Waals surface area contributed by atoms with E-state index in [-0.39, 0.29) is 24.1 Å². The van der Waals surface area contributed by atoms with E-state index in [0.29, 0.717) is 16.6 Å². The Morgan fingerprint density at radius 3 is 2.83 bits per heavy atom. The molecular formula is C11H14BrN3O3. The number of nitrogens with one attached hydrogen (secondary N) is 1. The fourth-order valence-electron chi connectivity index (χ4n) is 1.32. The van der Waals surface area contributed by atoms with Gasteiger partial charge in [-0.25, -0.2) is 0 Å². The van der Waals surface area contributed by atoms with Crippen LogP contribution in [-0.2, 0) is 4.79 Å². The van der Waals surface area contributed by atoms with Crippen LogP contribution in [0.1, 0.15) is 19.8 Å². The number of carbonyl (C=O) groups is 1. The summed E-state index contributed by atoms with van der Waals surface area (Å²) in [5, 5.41) is 13.3. The zero-order valence-electron chi connectivity index (χ0n) is 9.85. The summed E-state index contributed by atoms with van der Waals surface area (Å²) in [4.78, 5) is 21.8. The van der Waals surface area contributed by atoms with Crippen molar-refractivity contribution < 1.29 is 9.72 Å². The SMILES string of the molecule is CCC(N)CC(=O)Nc1ccc(Br)c([N+](=O)[O-])c1. The number of benzene rings is 1. The molecule has 0 aliphatic heterocycles. The number of hydrogen-bond donors (Lipinski definition) is 2.